The fourth-order valence-corrected chi connectivity index (χ4v) is 5.54. The molecule has 0 saturated carbocycles. The molecule has 1 atom stereocenters. The second-order valence-corrected chi connectivity index (χ2v) is 10.1. The lowest BCUT2D eigenvalue weighted by Crippen LogP contribution is -2.50. The number of methoxy groups -OCH3 is 1. The maximum Gasteiger partial charge on any atom is 0.265 e. The summed E-state index contributed by atoms with van der Waals surface area (Å²) < 4.78 is 38.8. The number of sulfonamides is 1. The normalized spacial score (nSPS) is 18.9. The van der Waals surface area contributed by atoms with E-state index in [9.17, 15) is 18.0 Å². The van der Waals surface area contributed by atoms with Crippen molar-refractivity contribution in [2.45, 2.75) is 24.8 Å². The third-order valence-corrected chi connectivity index (χ3v) is 7.95. The summed E-state index contributed by atoms with van der Waals surface area (Å²) >= 11 is 0. The van der Waals surface area contributed by atoms with Crippen molar-refractivity contribution in [1.82, 2.24) is 9.21 Å². The molecule has 2 aliphatic rings. The van der Waals surface area contributed by atoms with Gasteiger partial charge in [-0.2, -0.15) is 4.31 Å². The Hall–Kier alpha value is -3.37. The van der Waals surface area contributed by atoms with Gasteiger partial charge in [0, 0.05) is 38.3 Å². The number of fused-ring (bicyclic) bond motifs is 1. The highest BCUT2D eigenvalue weighted by Gasteiger charge is 2.33. The van der Waals surface area contributed by atoms with Crippen molar-refractivity contribution in [2.75, 3.05) is 38.6 Å². The van der Waals surface area contributed by atoms with E-state index in [2.05, 4.69) is 5.32 Å². The zero-order valence-corrected chi connectivity index (χ0v) is 20.1. The number of benzene rings is 2. The van der Waals surface area contributed by atoms with Crippen molar-refractivity contribution in [3.8, 4) is 11.5 Å². The van der Waals surface area contributed by atoms with Crippen molar-refractivity contribution in [3.05, 3.63) is 53.6 Å². The molecule has 0 aromatic heterocycles. The summed E-state index contributed by atoms with van der Waals surface area (Å²) in [5.41, 5.74) is 1.84. The first kappa shape index (κ1) is 23.8. The number of carbonyl (C=O) groups is 2. The van der Waals surface area contributed by atoms with E-state index < -0.39 is 16.1 Å². The van der Waals surface area contributed by atoms with Gasteiger partial charge in [-0.1, -0.05) is 12.1 Å². The number of piperazine rings is 1. The number of nitrogens with zero attached hydrogens (tertiary/aromatic N) is 2. The van der Waals surface area contributed by atoms with Crippen LogP contribution in [0.2, 0.25) is 0 Å². The van der Waals surface area contributed by atoms with Gasteiger partial charge in [0.25, 0.3) is 5.91 Å². The predicted octanol–water partition coefficient (Wildman–Crippen LogP) is 2.27. The maximum atomic E-state index is 13.3. The molecule has 1 saturated heterocycles. The van der Waals surface area contributed by atoms with Crippen molar-refractivity contribution in [3.63, 3.8) is 0 Å². The molecule has 2 amide bonds. The average molecular weight is 486 g/mol. The Morgan fingerprint density at radius 3 is 2.47 bits per heavy atom. The minimum absolute atomic E-state index is 0.133. The van der Waals surface area contributed by atoms with E-state index in [1.165, 1.54) is 16.4 Å². The van der Waals surface area contributed by atoms with Crippen LogP contribution in [0.15, 0.2) is 47.4 Å². The quantitative estimate of drug-likeness (QED) is 0.652. The minimum atomic E-state index is -3.80. The second kappa shape index (κ2) is 9.47. The van der Waals surface area contributed by atoms with Gasteiger partial charge in [0.05, 0.1) is 17.7 Å². The molecule has 34 heavy (non-hydrogen) atoms. The molecule has 0 aliphatic carbocycles. The summed E-state index contributed by atoms with van der Waals surface area (Å²) in [5.74, 6) is 0.620. The van der Waals surface area contributed by atoms with Crippen LogP contribution < -0.4 is 14.8 Å². The lowest BCUT2D eigenvalue weighted by molar-refractivity contribution is -0.127. The van der Waals surface area contributed by atoms with Gasteiger partial charge < -0.3 is 19.7 Å². The monoisotopic (exact) mass is 485 g/mol. The Kier molecular flexibility index (Phi) is 6.63. The van der Waals surface area contributed by atoms with E-state index in [4.69, 9.17) is 9.47 Å². The van der Waals surface area contributed by atoms with Gasteiger partial charge in [-0.05, 0) is 49.2 Å². The first-order valence-electron chi connectivity index (χ1n) is 10.9. The third-order valence-electron chi connectivity index (χ3n) is 5.91. The van der Waals surface area contributed by atoms with E-state index in [0.29, 0.717) is 30.1 Å². The fraction of sp³-hybridized carbons (Fsp3) is 0.333. The minimum Gasteiger partial charge on any atom is -0.497 e. The smallest absolute Gasteiger partial charge is 0.265 e. The number of hydrogen-bond acceptors (Lipinski definition) is 6. The van der Waals surface area contributed by atoms with Crippen LogP contribution in [-0.4, -0.2) is 68.8 Å². The maximum absolute atomic E-state index is 13.3. The topological polar surface area (TPSA) is 105 Å². The summed E-state index contributed by atoms with van der Waals surface area (Å²) in [6.45, 7) is 4.24. The SMILES string of the molecule is COc1ccc(/C=C/C(=O)N2CCN(S(=O)(=O)c3cc4c(cc3C)NC(=O)[C@H](C)O4)CC2)cc1. The second-order valence-electron chi connectivity index (χ2n) is 8.20. The van der Waals surface area contributed by atoms with Crippen LogP contribution in [0.25, 0.3) is 6.08 Å². The van der Waals surface area contributed by atoms with Gasteiger partial charge >= 0.3 is 0 Å². The van der Waals surface area contributed by atoms with E-state index in [1.54, 1.807) is 38.0 Å². The van der Waals surface area contributed by atoms with Crippen LogP contribution in [0.3, 0.4) is 0 Å². The third kappa shape index (κ3) is 4.78. The van der Waals surface area contributed by atoms with Crippen LogP contribution in [0, 0.1) is 6.92 Å². The summed E-state index contributed by atoms with van der Waals surface area (Å²) in [7, 11) is -2.20. The number of carbonyl (C=O) groups excluding carboxylic acids is 2. The van der Waals surface area contributed by atoms with Gasteiger partial charge in [-0.15, -0.1) is 0 Å². The number of hydrogen-bond donors (Lipinski definition) is 1. The lowest BCUT2D eigenvalue weighted by atomic mass is 10.1. The van der Waals surface area contributed by atoms with Gasteiger partial charge in [0.2, 0.25) is 15.9 Å². The Balaban J connectivity index is 1.42. The highest BCUT2D eigenvalue weighted by Crippen LogP contribution is 2.35. The molecule has 10 heteroatoms. The van der Waals surface area contributed by atoms with Crippen molar-refractivity contribution in [2.24, 2.45) is 0 Å². The number of anilines is 1. The van der Waals surface area contributed by atoms with E-state index in [1.807, 2.05) is 24.3 Å². The van der Waals surface area contributed by atoms with E-state index in [0.717, 1.165) is 11.3 Å². The Labute approximate surface area is 199 Å². The van der Waals surface area contributed by atoms with Crippen molar-refractivity contribution < 1.29 is 27.5 Å². The van der Waals surface area contributed by atoms with Gasteiger partial charge in [0.1, 0.15) is 11.5 Å². The highest BCUT2D eigenvalue weighted by atomic mass is 32.2. The molecule has 1 fully saturated rings. The Morgan fingerprint density at radius 1 is 1.15 bits per heavy atom. The van der Waals surface area contributed by atoms with Gasteiger partial charge in [-0.3, -0.25) is 9.59 Å². The molecule has 2 heterocycles. The van der Waals surface area contributed by atoms with Gasteiger partial charge in [-0.25, -0.2) is 8.42 Å². The largest absolute Gasteiger partial charge is 0.497 e. The van der Waals surface area contributed by atoms with Crippen molar-refractivity contribution >= 4 is 33.6 Å². The molecule has 0 unspecified atom stereocenters. The zero-order valence-electron chi connectivity index (χ0n) is 19.3. The molecule has 2 aromatic carbocycles. The van der Waals surface area contributed by atoms with Crippen LogP contribution >= 0.6 is 0 Å². The molecule has 0 spiro atoms. The van der Waals surface area contributed by atoms with Crippen LogP contribution in [0.5, 0.6) is 11.5 Å². The molecule has 0 radical (unpaired) electrons. The van der Waals surface area contributed by atoms with E-state index in [-0.39, 0.29) is 29.8 Å². The lowest BCUT2D eigenvalue weighted by Gasteiger charge is -2.34. The molecule has 2 aliphatic heterocycles. The zero-order chi connectivity index (χ0) is 24.5. The fourth-order valence-electron chi connectivity index (χ4n) is 3.90. The number of amides is 2. The number of nitrogens with one attached hydrogen (secondary N) is 1. The number of rotatable bonds is 5. The predicted molar refractivity (Wildman–Crippen MR) is 127 cm³/mol. The first-order valence-corrected chi connectivity index (χ1v) is 12.4. The van der Waals surface area contributed by atoms with Crippen LogP contribution in [0.1, 0.15) is 18.1 Å². The Bertz CT molecular complexity index is 1230. The molecular weight excluding hydrogens is 458 g/mol. The molecule has 180 valence electrons. The average Bonchev–Trinajstić information content (AvgIpc) is 2.83. The molecular formula is C24H27N3O6S. The Morgan fingerprint density at radius 2 is 1.82 bits per heavy atom. The number of ether oxygens (including phenoxy) is 2. The van der Waals surface area contributed by atoms with Crippen LogP contribution in [0.4, 0.5) is 5.69 Å². The van der Waals surface area contributed by atoms with Gasteiger partial charge in [0.15, 0.2) is 6.10 Å². The summed E-state index contributed by atoms with van der Waals surface area (Å²) in [6, 6.07) is 10.4. The molecule has 2 aromatic rings. The standard InChI is InChI=1S/C24H27N3O6S/c1-16-14-20-21(33-17(2)24(29)25-20)15-22(16)34(30,31)27-12-10-26(11-13-27)23(28)9-6-18-4-7-19(32-3)8-5-18/h4-9,14-15,17H,10-13H2,1-3H3,(H,25,29)/b9-6+/t17-/m0/s1. The molecule has 4 rings (SSSR count). The highest BCUT2D eigenvalue weighted by molar-refractivity contribution is 7.89. The van der Waals surface area contributed by atoms with E-state index >= 15 is 0 Å². The van der Waals surface area contributed by atoms with Crippen molar-refractivity contribution in [1.29, 1.82) is 0 Å². The number of aryl methyl sites for hydroxylation is 1. The molecule has 0 bridgehead atoms. The van der Waals surface area contributed by atoms with Crippen LogP contribution in [-0.2, 0) is 19.6 Å². The summed E-state index contributed by atoms with van der Waals surface area (Å²) in [4.78, 5) is 26.2. The molecule has 9 nitrogen and oxygen atoms in total. The summed E-state index contributed by atoms with van der Waals surface area (Å²) in [6.07, 6.45) is 2.51. The first-order chi connectivity index (χ1) is 16.2. The molecule has 1 N–H and O–H groups in total. The summed E-state index contributed by atoms with van der Waals surface area (Å²) in [5, 5.41) is 2.73.